The molecule has 0 bridgehead atoms. The third-order valence-corrected chi connectivity index (χ3v) is 2.64. The summed E-state index contributed by atoms with van der Waals surface area (Å²) >= 11 is 0. The Morgan fingerprint density at radius 2 is 2.11 bits per heavy atom. The normalized spacial score (nSPS) is 12.4. The lowest BCUT2D eigenvalue weighted by Crippen LogP contribution is -2.05. The summed E-state index contributed by atoms with van der Waals surface area (Å²) in [6.07, 6.45) is 0. The van der Waals surface area contributed by atoms with Gasteiger partial charge in [0.15, 0.2) is 6.61 Å². The standard InChI is InChI=1S/C13H17N3O2/c1-8-6-11(9(2)14)4-5-12(8)17-7-13-16-15-10(3)18-13/h4-6,9H,7,14H2,1-3H3. The van der Waals surface area contributed by atoms with Crippen LogP contribution in [0.3, 0.4) is 0 Å². The highest BCUT2D eigenvalue weighted by atomic mass is 16.5. The molecule has 5 heteroatoms. The highest BCUT2D eigenvalue weighted by molar-refractivity contribution is 5.37. The van der Waals surface area contributed by atoms with Crippen LogP contribution in [-0.4, -0.2) is 10.2 Å². The Bertz CT molecular complexity index is 535. The number of rotatable bonds is 4. The molecule has 2 aromatic rings. The predicted octanol–water partition coefficient (Wildman–Crippen LogP) is 2.29. The fraction of sp³-hybridized carbons (Fsp3) is 0.385. The molecule has 0 saturated carbocycles. The second-order valence-corrected chi connectivity index (χ2v) is 4.32. The molecule has 1 heterocycles. The predicted molar refractivity (Wildman–Crippen MR) is 67.1 cm³/mol. The first-order valence-electron chi connectivity index (χ1n) is 5.84. The number of benzene rings is 1. The number of aryl methyl sites for hydroxylation is 2. The van der Waals surface area contributed by atoms with Gasteiger partial charge in [-0.3, -0.25) is 0 Å². The van der Waals surface area contributed by atoms with Gasteiger partial charge in [-0.15, -0.1) is 10.2 Å². The average Bonchev–Trinajstić information content (AvgIpc) is 2.73. The summed E-state index contributed by atoms with van der Waals surface area (Å²) in [5.41, 5.74) is 7.96. The van der Waals surface area contributed by atoms with Gasteiger partial charge >= 0.3 is 0 Å². The zero-order chi connectivity index (χ0) is 13.1. The highest BCUT2D eigenvalue weighted by Crippen LogP contribution is 2.22. The van der Waals surface area contributed by atoms with Crippen molar-refractivity contribution in [2.45, 2.75) is 33.4 Å². The second kappa shape index (κ2) is 5.18. The highest BCUT2D eigenvalue weighted by Gasteiger charge is 2.07. The topological polar surface area (TPSA) is 74.2 Å². The van der Waals surface area contributed by atoms with Crippen LogP contribution in [-0.2, 0) is 6.61 Å². The van der Waals surface area contributed by atoms with E-state index >= 15 is 0 Å². The maximum atomic E-state index is 5.83. The van der Waals surface area contributed by atoms with Gasteiger partial charge in [0.1, 0.15) is 5.75 Å². The summed E-state index contributed by atoms with van der Waals surface area (Å²) < 4.78 is 10.9. The second-order valence-electron chi connectivity index (χ2n) is 4.32. The van der Waals surface area contributed by atoms with Crippen molar-refractivity contribution in [1.82, 2.24) is 10.2 Å². The lowest BCUT2D eigenvalue weighted by molar-refractivity contribution is 0.259. The van der Waals surface area contributed by atoms with Crippen molar-refractivity contribution < 1.29 is 9.15 Å². The van der Waals surface area contributed by atoms with Gasteiger partial charge in [-0.1, -0.05) is 12.1 Å². The van der Waals surface area contributed by atoms with Gasteiger partial charge in [0.05, 0.1) is 0 Å². The van der Waals surface area contributed by atoms with Crippen LogP contribution in [0.4, 0.5) is 0 Å². The van der Waals surface area contributed by atoms with Crippen molar-refractivity contribution in [3.8, 4) is 5.75 Å². The SMILES string of the molecule is Cc1nnc(COc2ccc(C(C)N)cc2C)o1. The maximum absolute atomic E-state index is 5.83. The molecule has 0 aliphatic rings. The monoisotopic (exact) mass is 247 g/mol. The number of nitrogens with zero attached hydrogens (tertiary/aromatic N) is 2. The summed E-state index contributed by atoms with van der Waals surface area (Å²) in [7, 11) is 0. The molecule has 1 atom stereocenters. The number of hydrogen-bond acceptors (Lipinski definition) is 5. The van der Waals surface area contributed by atoms with Gasteiger partial charge in [0.25, 0.3) is 5.89 Å². The number of aromatic nitrogens is 2. The van der Waals surface area contributed by atoms with Crippen LogP contribution in [0, 0.1) is 13.8 Å². The first-order chi connectivity index (χ1) is 8.56. The van der Waals surface area contributed by atoms with Crippen molar-refractivity contribution in [3.05, 3.63) is 41.1 Å². The third kappa shape index (κ3) is 2.87. The minimum absolute atomic E-state index is 0.0244. The molecule has 0 radical (unpaired) electrons. The van der Waals surface area contributed by atoms with Gasteiger partial charge in [0, 0.05) is 13.0 Å². The van der Waals surface area contributed by atoms with E-state index in [4.69, 9.17) is 14.9 Å². The van der Waals surface area contributed by atoms with E-state index < -0.39 is 0 Å². The van der Waals surface area contributed by atoms with Crippen LogP contribution >= 0.6 is 0 Å². The number of hydrogen-bond donors (Lipinski definition) is 1. The molecule has 1 aromatic heterocycles. The summed E-state index contributed by atoms with van der Waals surface area (Å²) in [5, 5.41) is 7.62. The summed E-state index contributed by atoms with van der Waals surface area (Å²) in [6.45, 7) is 5.97. The quantitative estimate of drug-likeness (QED) is 0.897. The molecular formula is C13H17N3O2. The van der Waals surface area contributed by atoms with E-state index in [1.807, 2.05) is 32.0 Å². The largest absolute Gasteiger partial charge is 0.484 e. The first kappa shape index (κ1) is 12.6. The lowest BCUT2D eigenvalue weighted by atomic mass is 10.1. The Hall–Kier alpha value is -1.88. The molecule has 96 valence electrons. The zero-order valence-corrected chi connectivity index (χ0v) is 10.8. The minimum Gasteiger partial charge on any atom is -0.484 e. The van der Waals surface area contributed by atoms with E-state index in [1.165, 1.54) is 0 Å². The van der Waals surface area contributed by atoms with Crippen molar-refractivity contribution in [3.63, 3.8) is 0 Å². The van der Waals surface area contributed by atoms with Gasteiger partial charge < -0.3 is 14.9 Å². The Morgan fingerprint density at radius 3 is 2.67 bits per heavy atom. The molecule has 0 fully saturated rings. The zero-order valence-electron chi connectivity index (χ0n) is 10.8. The fourth-order valence-electron chi connectivity index (χ4n) is 1.65. The minimum atomic E-state index is 0.0244. The van der Waals surface area contributed by atoms with E-state index in [2.05, 4.69) is 10.2 Å². The molecule has 2 rings (SSSR count). The molecule has 2 N–H and O–H groups in total. The van der Waals surface area contributed by atoms with Gasteiger partial charge in [-0.2, -0.15) is 0 Å². The summed E-state index contributed by atoms with van der Waals surface area (Å²) in [4.78, 5) is 0. The Morgan fingerprint density at radius 1 is 1.33 bits per heavy atom. The number of nitrogens with two attached hydrogens (primary N) is 1. The molecule has 0 amide bonds. The van der Waals surface area contributed by atoms with Crippen LogP contribution in [0.15, 0.2) is 22.6 Å². The van der Waals surface area contributed by atoms with E-state index in [1.54, 1.807) is 6.92 Å². The maximum Gasteiger partial charge on any atom is 0.253 e. The molecule has 0 aliphatic heterocycles. The van der Waals surface area contributed by atoms with Crippen molar-refractivity contribution in [2.24, 2.45) is 5.73 Å². The van der Waals surface area contributed by atoms with Crippen LogP contribution in [0.1, 0.15) is 35.9 Å². The van der Waals surface area contributed by atoms with Crippen molar-refractivity contribution in [2.75, 3.05) is 0 Å². The number of ether oxygens (including phenoxy) is 1. The molecule has 1 unspecified atom stereocenters. The molecule has 1 aromatic carbocycles. The first-order valence-corrected chi connectivity index (χ1v) is 5.84. The Kier molecular flexibility index (Phi) is 3.62. The van der Waals surface area contributed by atoms with E-state index in [0.29, 0.717) is 11.8 Å². The fourth-order valence-corrected chi connectivity index (χ4v) is 1.65. The molecule has 0 saturated heterocycles. The van der Waals surface area contributed by atoms with E-state index in [0.717, 1.165) is 16.9 Å². The average molecular weight is 247 g/mol. The van der Waals surface area contributed by atoms with Crippen molar-refractivity contribution >= 4 is 0 Å². The van der Waals surface area contributed by atoms with Crippen LogP contribution < -0.4 is 10.5 Å². The Balaban J connectivity index is 2.05. The summed E-state index contributed by atoms with van der Waals surface area (Å²) in [5.74, 6) is 1.82. The van der Waals surface area contributed by atoms with Gasteiger partial charge in [-0.05, 0) is 31.0 Å². The Labute approximate surface area is 106 Å². The third-order valence-electron chi connectivity index (χ3n) is 2.64. The van der Waals surface area contributed by atoms with Gasteiger partial charge in [0.2, 0.25) is 5.89 Å². The van der Waals surface area contributed by atoms with Gasteiger partial charge in [-0.25, -0.2) is 0 Å². The molecular weight excluding hydrogens is 230 g/mol. The van der Waals surface area contributed by atoms with Crippen LogP contribution in [0.2, 0.25) is 0 Å². The van der Waals surface area contributed by atoms with Crippen LogP contribution in [0.5, 0.6) is 5.75 Å². The lowest BCUT2D eigenvalue weighted by Gasteiger charge is -2.11. The van der Waals surface area contributed by atoms with E-state index in [-0.39, 0.29) is 12.6 Å². The van der Waals surface area contributed by atoms with Crippen molar-refractivity contribution in [1.29, 1.82) is 0 Å². The smallest absolute Gasteiger partial charge is 0.253 e. The molecule has 18 heavy (non-hydrogen) atoms. The molecule has 0 aliphatic carbocycles. The molecule has 0 spiro atoms. The molecule has 5 nitrogen and oxygen atoms in total. The summed E-state index contributed by atoms with van der Waals surface area (Å²) in [6, 6.07) is 5.93. The van der Waals surface area contributed by atoms with Crippen LogP contribution in [0.25, 0.3) is 0 Å². The van der Waals surface area contributed by atoms with E-state index in [9.17, 15) is 0 Å².